The van der Waals surface area contributed by atoms with Crippen molar-refractivity contribution < 1.29 is 9.53 Å². The first-order valence-electron chi connectivity index (χ1n) is 7.09. The Balaban J connectivity index is 1.93. The van der Waals surface area contributed by atoms with Crippen LogP contribution in [0.5, 0.6) is 5.75 Å². The number of aryl methyl sites for hydroxylation is 2. The Morgan fingerprint density at radius 1 is 1.30 bits per heavy atom. The first-order chi connectivity index (χ1) is 11.0. The van der Waals surface area contributed by atoms with Gasteiger partial charge in [0, 0.05) is 23.5 Å². The van der Waals surface area contributed by atoms with E-state index in [0.29, 0.717) is 22.2 Å². The Morgan fingerprint density at radius 3 is 2.83 bits per heavy atom. The smallest absolute Gasteiger partial charge is 0.275 e. The summed E-state index contributed by atoms with van der Waals surface area (Å²) in [4.78, 5) is 16.8. The van der Waals surface area contributed by atoms with Crippen LogP contribution < -0.4 is 10.1 Å². The molecule has 0 radical (unpaired) electrons. The maximum Gasteiger partial charge on any atom is 0.275 e. The van der Waals surface area contributed by atoms with Gasteiger partial charge in [0.1, 0.15) is 17.1 Å². The van der Waals surface area contributed by atoms with Crippen molar-refractivity contribution in [3.8, 4) is 5.75 Å². The van der Waals surface area contributed by atoms with Crippen LogP contribution in [0.4, 0.5) is 5.69 Å². The fourth-order valence-corrected chi connectivity index (χ4v) is 2.46. The van der Waals surface area contributed by atoms with Crippen molar-refractivity contribution in [3.63, 3.8) is 0 Å². The molecule has 0 saturated carbocycles. The largest absolute Gasteiger partial charge is 0.495 e. The lowest BCUT2D eigenvalue weighted by molar-refractivity contribution is 0.102. The molecule has 3 aromatic rings. The molecule has 0 spiro atoms. The number of halogens is 1. The minimum atomic E-state index is -0.300. The summed E-state index contributed by atoms with van der Waals surface area (Å²) >= 11 is 6.08. The third-order valence-electron chi connectivity index (χ3n) is 3.58. The topological polar surface area (TPSA) is 55.6 Å². The van der Waals surface area contributed by atoms with Gasteiger partial charge in [-0.25, -0.2) is 4.98 Å². The number of methoxy groups -OCH3 is 1. The lowest BCUT2D eigenvalue weighted by Gasteiger charge is -2.11. The van der Waals surface area contributed by atoms with E-state index in [-0.39, 0.29) is 5.91 Å². The minimum Gasteiger partial charge on any atom is -0.495 e. The number of nitrogens with zero attached hydrogens (tertiary/aromatic N) is 2. The molecule has 0 atom stereocenters. The molecule has 1 N–H and O–H groups in total. The number of ether oxygens (including phenoxy) is 1. The maximum atomic E-state index is 12.5. The number of anilines is 1. The second-order valence-corrected chi connectivity index (χ2v) is 5.76. The van der Waals surface area contributed by atoms with Gasteiger partial charge in [0.05, 0.1) is 12.8 Å². The zero-order chi connectivity index (χ0) is 16.6. The molecule has 0 aliphatic rings. The van der Waals surface area contributed by atoms with Crippen LogP contribution >= 0.6 is 11.6 Å². The SMILES string of the molecule is COc1cc(Cl)c(C)cc1NC(=O)c1cn2ccc(C)cc2n1. The lowest BCUT2D eigenvalue weighted by atomic mass is 10.2. The number of pyridine rings is 1. The van der Waals surface area contributed by atoms with Crippen molar-refractivity contribution in [1.29, 1.82) is 0 Å². The number of nitrogens with one attached hydrogen (secondary N) is 1. The number of benzene rings is 1. The molecule has 0 saturated heterocycles. The van der Waals surface area contributed by atoms with Crippen molar-refractivity contribution in [3.05, 3.63) is 58.5 Å². The van der Waals surface area contributed by atoms with Crippen LogP contribution in [0.1, 0.15) is 21.6 Å². The molecular weight excluding hydrogens is 314 g/mol. The Labute approximate surface area is 138 Å². The van der Waals surface area contributed by atoms with Crippen molar-refractivity contribution >= 4 is 28.8 Å². The van der Waals surface area contributed by atoms with Gasteiger partial charge < -0.3 is 14.5 Å². The van der Waals surface area contributed by atoms with E-state index in [4.69, 9.17) is 16.3 Å². The number of amides is 1. The molecule has 1 aromatic carbocycles. The van der Waals surface area contributed by atoms with Gasteiger partial charge in [-0.15, -0.1) is 0 Å². The number of rotatable bonds is 3. The molecule has 2 heterocycles. The van der Waals surface area contributed by atoms with Crippen molar-refractivity contribution in [2.45, 2.75) is 13.8 Å². The van der Waals surface area contributed by atoms with Crippen molar-refractivity contribution in [2.24, 2.45) is 0 Å². The van der Waals surface area contributed by atoms with E-state index in [2.05, 4.69) is 10.3 Å². The molecule has 6 heteroatoms. The summed E-state index contributed by atoms with van der Waals surface area (Å²) < 4.78 is 7.08. The number of hydrogen-bond acceptors (Lipinski definition) is 3. The number of hydrogen-bond donors (Lipinski definition) is 1. The van der Waals surface area contributed by atoms with Gasteiger partial charge in [-0.2, -0.15) is 0 Å². The monoisotopic (exact) mass is 329 g/mol. The lowest BCUT2D eigenvalue weighted by Crippen LogP contribution is -2.13. The number of fused-ring (bicyclic) bond motifs is 1. The quantitative estimate of drug-likeness (QED) is 0.793. The summed E-state index contributed by atoms with van der Waals surface area (Å²) in [6.07, 6.45) is 3.57. The number of carbonyl (C=O) groups excluding carboxylic acids is 1. The Morgan fingerprint density at radius 2 is 2.09 bits per heavy atom. The van der Waals surface area contributed by atoms with Crippen LogP contribution in [-0.4, -0.2) is 22.4 Å². The Bertz CT molecular complexity index is 902. The number of aromatic nitrogens is 2. The third kappa shape index (κ3) is 3.00. The van der Waals surface area contributed by atoms with Crippen LogP contribution in [0.2, 0.25) is 5.02 Å². The minimum absolute atomic E-state index is 0.300. The van der Waals surface area contributed by atoms with Gasteiger partial charge in [-0.05, 0) is 43.2 Å². The molecule has 0 fully saturated rings. The molecule has 5 nitrogen and oxygen atoms in total. The van der Waals surface area contributed by atoms with E-state index in [1.54, 1.807) is 18.3 Å². The first kappa shape index (κ1) is 15.4. The van der Waals surface area contributed by atoms with E-state index in [9.17, 15) is 4.79 Å². The third-order valence-corrected chi connectivity index (χ3v) is 3.98. The van der Waals surface area contributed by atoms with Crippen LogP contribution in [-0.2, 0) is 0 Å². The zero-order valence-electron chi connectivity index (χ0n) is 13.1. The van der Waals surface area contributed by atoms with E-state index >= 15 is 0 Å². The predicted octanol–water partition coefficient (Wildman–Crippen LogP) is 3.87. The molecular formula is C17H16ClN3O2. The summed E-state index contributed by atoms with van der Waals surface area (Å²) in [5.74, 6) is 0.208. The summed E-state index contributed by atoms with van der Waals surface area (Å²) in [6, 6.07) is 7.34. The van der Waals surface area contributed by atoms with Gasteiger partial charge >= 0.3 is 0 Å². The summed E-state index contributed by atoms with van der Waals surface area (Å²) in [5.41, 5.74) is 3.57. The normalized spacial score (nSPS) is 10.8. The van der Waals surface area contributed by atoms with Gasteiger partial charge in [-0.1, -0.05) is 11.6 Å². The van der Waals surface area contributed by atoms with Gasteiger partial charge in [0.25, 0.3) is 5.91 Å². The van der Waals surface area contributed by atoms with Crippen LogP contribution in [0, 0.1) is 13.8 Å². The fourth-order valence-electron chi connectivity index (χ4n) is 2.31. The highest BCUT2D eigenvalue weighted by molar-refractivity contribution is 6.31. The van der Waals surface area contributed by atoms with Crippen LogP contribution in [0.15, 0.2) is 36.7 Å². The van der Waals surface area contributed by atoms with E-state index in [0.717, 1.165) is 16.8 Å². The van der Waals surface area contributed by atoms with Gasteiger partial charge in [-0.3, -0.25) is 4.79 Å². The Kier molecular flexibility index (Phi) is 3.96. The second-order valence-electron chi connectivity index (χ2n) is 5.35. The molecule has 0 aliphatic heterocycles. The molecule has 0 unspecified atom stereocenters. The summed E-state index contributed by atoms with van der Waals surface area (Å²) in [7, 11) is 1.53. The average Bonchev–Trinajstić information content (AvgIpc) is 2.93. The first-order valence-corrected chi connectivity index (χ1v) is 7.46. The predicted molar refractivity (Wildman–Crippen MR) is 90.6 cm³/mol. The highest BCUT2D eigenvalue weighted by Crippen LogP contribution is 2.31. The van der Waals surface area contributed by atoms with E-state index in [1.165, 1.54) is 7.11 Å². The van der Waals surface area contributed by atoms with E-state index < -0.39 is 0 Å². The molecule has 0 aliphatic carbocycles. The molecule has 2 aromatic heterocycles. The molecule has 23 heavy (non-hydrogen) atoms. The molecule has 118 valence electrons. The van der Waals surface area contributed by atoms with Crippen LogP contribution in [0.3, 0.4) is 0 Å². The standard InChI is InChI=1S/C17H16ClN3O2/c1-10-4-5-21-9-14(19-16(21)6-10)17(22)20-13-7-11(2)12(18)8-15(13)23-3/h4-9H,1-3H3,(H,20,22). The van der Waals surface area contributed by atoms with Gasteiger partial charge in [0.2, 0.25) is 0 Å². The summed E-state index contributed by atoms with van der Waals surface area (Å²) in [6.45, 7) is 3.85. The van der Waals surface area contributed by atoms with Crippen molar-refractivity contribution in [2.75, 3.05) is 12.4 Å². The zero-order valence-corrected chi connectivity index (χ0v) is 13.8. The molecule has 3 rings (SSSR count). The summed E-state index contributed by atoms with van der Waals surface area (Å²) in [5, 5.41) is 3.41. The number of carbonyl (C=O) groups is 1. The van der Waals surface area contributed by atoms with Crippen LogP contribution in [0.25, 0.3) is 5.65 Å². The second kappa shape index (κ2) is 5.93. The van der Waals surface area contributed by atoms with Crippen molar-refractivity contribution in [1.82, 2.24) is 9.38 Å². The Hall–Kier alpha value is -2.53. The molecule has 1 amide bonds. The van der Waals surface area contributed by atoms with Gasteiger partial charge in [0.15, 0.2) is 0 Å². The van der Waals surface area contributed by atoms with E-state index in [1.807, 2.05) is 36.6 Å². The maximum absolute atomic E-state index is 12.5. The highest BCUT2D eigenvalue weighted by Gasteiger charge is 2.14. The number of imidazole rings is 1. The molecule has 0 bridgehead atoms. The fraction of sp³-hybridized carbons (Fsp3) is 0.176. The highest BCUT2D eigenvalue weighted by atomic mass is 35.5. The average molecular weight is 330 g/mol.